The maximum Gasteiger partial charge on any atom is 0.336 e. The molecule has 13 heteroatoms. The molecule has 0 aliphatic rings. The van der Waals surface area contributed by atoms with Gasteiger partial charge in [-0.15, -0.1) is 0 Å². The van der Waals surface area contributed by atoms with Crippen LogP contribution in [0, 0.1) is 6.92 Å². The van der Waals surface area contributed by atoms with Crippen molar-refractivity contribution in [3.63, 3.8) is 0 Å². The maximum absolute atomic E-state index is 10.3. The van der Waals surface area contributed by atoms with Crippen LogP contribution < -0.4 is 4.90 Å². The number of pyridine rings is 1. The zero-order valence-corrected chi connectivity index (χ0v) is 24.4. The van der Waals surface area contributed by atoms with Crippen molar-refractivity contribution < 1.29 is 39.2 Å². The molecule has 230 valence electrons. The first-order chi connectivity index (χ1) is 20.4. The number of aliphatic carboxylic acids is 3. The lowest BCUT2D eigenvalue weighted by molar-refractivity contribution is -0.170. The summed E-state index contributed by atoms with van der Waals surface area (Å²) in [5.74, 6) is -2.06. The maximum atomic E-state index is 10.3. The molecule has 4 rings (SSSR count). The summed E-state index contributed by atoms with van der Waals surface area (Å²) in [4.78, 5) is 44.1. The van der Waals surface area contributed by atoms with E-state index in [4.69, 9.17) is 29.8 Å². The third-order valence-electron chi connectivity index (χ3n) is 6.51. The van der Waals surface area contributed by atoms with E-state index in [9.17, 15) is 14.4 Å². The van der Waals surface area contributed by atoms with E-state index >= 15 is 0 Å². The largest absolute Gasteiger partial charge is 0.481 e. The quantitative estimate of drug-likeness (QED) is 0.167. The van der Waals surface area contributed by atoms with Gasteiger partial charge in [-0.05, 0) is 37.6 Å². The van der Waals surface area contributed by atoms with Gasteiger partial charge in [0.1, 0.15) is 17.3 Å². The van der Waals surface area contributed by atoms with Crippen LogP contribution in [0.5, 0.6) is 0 Å². The molecule has 4 N–H and O–H groups in total. The lowest BCUT2D eigenvalue weighted by Gasteiger charge is -2.25. The number of para-hydroxylation sites is 1. The van der Waals surface area contributed by atoms with Gasteiger partial charge >= 0.3 is 17.9 Å². The predicted molar refractivity (Wildman–Crippen MR) is 158 cm³/mol. The first kappa shape index (κ1) is 32.8. The Morgan fingerprint density at radius 1 is 1.00 bits per heavy atom. The summed E-state index contributed by atoms with van der Waals surface area (Å²) in [6, 6.07) is 14.7. The van der Waals surface area contributed by atoms with Crippen LogP contribution in [0.1, 0.15) is 36.3 Å². The van der Waals surface area contributed by atoms with Crippen LogP contribution in [0.25, 0.3) is 10.9 Å². The van der Waals surface area contributed by atoms with Gasteiger partial charge in [0.2, 0.25) is 0 Å². The second kappa shape index (κ2) is 14.9. The minimum atomic E-state index is -2.74. The molecular formula is C30H37N5O8. The van der Waals surface area contributed by atoms with Crippen molar-refractivity contribution in [1.82, 2.24) is 19.4 Å². The molecule has 0 radical (unpaired) electrons. The van der Waals surface area contributed by atoms with E-state index < -0.39 is 36.4 Å². The predicted octanol–water partition coefficient (Wildman–Crippen LogP) is 3.24. The second-order valence-corrected chi connectivity index (χ2v) is 10.4. The summed E-state index contributed by atoms with van der Waals surface area (Å²) in [5.41, 5.74) is -0.486. The molecule has 1 aromatic carbocycles. The number of nitrogens with zero attached hydrogens (tertiary/aromatic N) is 5. The van der Waals surface area contributed by atoms with Gasteiger partial charge in [0, 0.05) is 57.1 Å². The van der Waals surface area contributed by atoms with Crippen LogP contribution in [0.15, 0.2) is 65.6 Å². The number of carboxylic acids is 3. The topological polar surface area (TPSA) is 182 Å². The number of carbonyl (C=O) groups is 3. The molecule has 4 aromatic rings. The molecule has 3 aromatic heterocycles. The van der Waals surface area contributed by atoms with Crippen molar-refractivity contribution in [2.45, 2.75) is 51.4 Å². The molecule has 3 heterocycles. The number of hydrogen-bond acceptors (Lipinski definition) is 9. The first-order valence-corrected chi connectivity index (χ1v) is 13.5. The molecule has 0 aliphatic heterocycles. The molecule has 0 unspecified atom stereocenters. The number of imidazole rings is 1. The number of furan rings is 1. The summed E-state index contributed by atoms with van der Waals surface area (Å²) in [7, 11) is 4.11. The van der Waals surface area contributed by atoms with Gasteiger partial charge in [-0.2, -0.15) is 0 Å². The lowest BCUT2D eigenvalue weighted by atomic mass is 9.96. The number of aliphatic hydroxyl groups is 1. The Labute approximate surface area is 248 Å². The van der Waals surface area contributed by atoms with Crippen molar-refractivity contribution in [3.8, 4) is 0 Å². The fourth-order valence-electron chi connectivity index (χ4n) is 4.51. The monoisotopic (exact) mass is 595 g/mol. The molecule has 43 heavy (non-hydrogen) atoms. The van der Waals surface area contributed by atoms with Crippen LogP contribution in [0.2, 0.25) is 0 Å². The van der Waals surface area contributed by atoms with Crippen molar-refractivity contribution in [2.75, 3.05) is 25.5 Å². The average molecular weight is 596 g/mol. The summed E-state index contributed by atoms with van der Waals surface area (Å²) < 4.78 is 7.99. The minimum absolute atomic E-state index is 0.775. The van der Waals surface area contributed by atoms with Gasteiger partial charge in [0.05, 0.1) is 31.2 Å². The summed E-state index contributed by atoms with van der Waals surface area (Å²) in [6.07, 6.45) is 4.46. The third-order valence-corrected chi connectivity index (χ3v) is 6.51. The van der Waals surface area contributed by atoms with Crippen molar-refractivity contribution in [2.24, 2.45) is 0 Å². The van der Waals surface area contributed by atoms with E-state index in [-0.39, 0.29) is 0 Å². The number of aromatic nitrogens is 3. The second-order valence-electron chi connectivity index (χ2n) is 10.4. The molecule has 0 spiro atoms. The van der Waals surface area contributed by atoms with Crippen LogP contribution in [-0.2, 0) is 34.0 Å². The number of hydrogen-bond donors (Lipinski definition) is 4. The van der Waals surface area contributed by atoms with E-state index in [0.717, 1.165) is 55.5 Å². The summed E-state index contributed by atoms with van der Waals surface area (Å²) >= 11 is 0. The zero-order chi connectivity index (χ0) is 31.6. The van der Waals surface area contributed by atoms with E-state index in [1.54, 1.807) is 0 Å². The van der Waals surface area contributed by atoms with Crippen LogP contribution in [0.3, 0.4) is 0 Å². The van der Waals surface area contributed by atoms with Gasteiger partial charge in [-0.25, -0.2) is 14.8 Å². The van der Waals surface area contributed by atoms with Crippen LogP contribution >= 0.6 is 0 Å². The summed E-state index contributed by atoms with van der Waals surface area (Å²) in [5, 5.41) is 35.0. The molecular weight excluding hydrogens is 558 g/mol. The van der Waals surface area contributed by atoms with E-state index in [1.807, 2.05) is 37.8 Å². The molecule has 13 nitrogen and oxygen atoms in total. The van der Waals surface area contributed by atoms with E-state index in [2.05, 4.69) is 63.8 Å². The highest BCUT2D eigenvalue weighted by atomic mass is 16.4. The Morgan fingerprint density at radius 2 is 1.70 bits per heavy atom. The highest BCUT2D eigenvalue weighted by molar-refractivity contribution is 5.88. The average Bonchev–Trinajstić information content (AvgIpc) is 3.59. The third kappa shape index (κ3) is 9.94. The smallest absolute Gasteiger partial charge is 0.336 e. The highest BCUT2D eigenvalue weighted by Gasteiger charge is 2.40. The van der Waals surface area contributed by atoms with Crippen molar-refractivity contribution in [3.05, 3.63) is 78.3 Å². The zero-order valence-electron chi connectivity index (χ0n) is 24.4. The first-order valence-electron chi connectivity index (χ1n) is 13.5. The minimum Gasteiger partial charge on any atom is -0.481 e. The molecule has 0 aliphatic carbocycles. The number of fused-ring (bicyclic) bond motifs is 1. The van der Waals surface area contributed by atoms with Crippen molar-refractivity contribution in [1.29, 1.82) is 0 Å². The number of carboxylic acid groups (broad SMARTS) is 3. The molecule has 0 atom stereocenters. The Hall–Kier alpha value is -4.75. The Morgan fingerprint density at radius 3 is 2.26 bits per heavy atom. The summed E-state index contributed by atoms with van der Waals surface area (Å²) in [6.45, 7) is 5.48. The van der Waals surface area contributed by atoms with E-state index in [0.29, 0.717) is 0 Å². The Balaban J connectivity index is 0.000000331. The molecule has 0 saturated heterocycles. The normalized spacial score (nSPS) is 11.3. The van der Waals surface area contributed by atoms with Crippen molar-refractivity contribution >= 4 is 34.6 Å². The van der Waals surface area contributed by atoms with Gasteiger partial charge in [-0.3, -0.25) is 14.5 Å². The van der Waals surface area contributed by atoms with Gasteiger partial charge in [-0.1, -0.05) is 18.2 Å². The number of anilines is 1. The fraction of sp³-hybridized carbons (Fsp3) is 0.367. The number of aryl methyl sites for hydroxylation is 2. The lowest BCUT2D eigenvalue weighted by Crippen LogP contribution is -2.42. The van der Waals surface area contributed by atoms with Crippen LogP contribution in [-0.4, -0.2) is 84.0 Å². The SMILES string of the molecule is Cc1ccc(CN(CCCn2ccnc2)Cc2cc3ccccc3nc2N(C)C)o1.O=C(O)CC(O)(CC(=O)O)C(=O)O. The highest BCUT2D eigenvalue weighted by Crippen LogP contribution is 2.25. The van der Waals surface area contributed by atoms with Gasteiger partial charge in [0.15, 0.2) is 5.60 Å². The fourth-order valence-corrected chi connectivity index (χ4v) is 4.51. The van der Waals surface area contributed by atoms with Gasteiger partial charge < -0.3 is 34.3 Å². The molecule has 0 amide bonds. The molecule has 0 bridgehead atoms. The molecule has 0 fully saturated rings. The van der Waals surface area contributed by atoms with E-state index in [1.165, 1.54) is 10.9 Å². The Kier molecular flexibility index (Phi) is 11.4. The molecule has 0 saturated carbocycles. The van der Waals surface area contributed by atoms with Gasteiger partial charge in [0.25, 0.3) is 0 Å². The standard InChI is InChI=1S/C24H29N5O.C6H8O7/c1-19-9-10-22(30-19)17-29(13-6-12-28-14-11-25-18-28)16-21-15-20-7-4-5-8-23(20)26-24(21)27(2)3;7-3(8)1-6(13,5(11)12)2-4(9)10/h4-5,7-11,14-15,18H,6,12-13,16-17H2,1-3H3;13H,1-2H2,(H,7,8)(H,9,10)(H,11,12). The number of benzene rings is 1. The van der Waals surface area contributed by atoms with Crippen LogP contribution in [0.4, 0.5) is 5.82 Å². The number of rotatable bonds is 14. The Bertz CT molecular complexity index is 1500.